The smallest absolute Gasteiger partial charge is 0.255 e. The first-order valence-corrected chi connectivity index (χ1v) is 14.1. The van der Waals surface area contributed by atoms with Gasteiger partial charge < -0.3 is 25.8 Å². The second-order valence-electron chi connectivity index (χ2n) is 10.3. The Morgan fingerprint density at radius 2 is 1.73 bits per heavy atom. The Balaban J connectivity index is 1.87. The minimum absolute atomic E-state index is 0.120. The van der Waals surface area contributed by atoms with Crippen LogP contribution in [0.25, 0.3) is 11.3 Å². The molecule has 0 radical (unpaired) electrons. The molecule has 0 saturated heterocycles. The number of likely N-dealkylation sites (N-methyl/N-ethyl adjacent to an activating group) is 1. The van der Waals surface area contributed by atoms with E-state index < -0.39 is 23.4 Å². The number of halogens is 4. The number of aryl methyl sites for hydroxylation is 1. The molecular weight excluding hydrogens is 591 g/mol. The summed E-state index contributed by atoms with van der Waals surface area (Å²) in [7, 11) is 5.38. The summed E-state index contributed by atoms with van der Waals surface area (Å²) in [4.78, 5) is 26.1. The molecule has 0 fully saturated rings. The fraction of sp³-hybridized carbons (Fsp3) is 0.219. The van der Waals surface area contributed by atoms with Crippen molar-refractivity contribution in [2.75, 3.05) is 49.8 Å². The van der Waals surface area contributed by atoms with Crippen LogP contribution >= 0.6 is 11.6 Å². The molecule has 0 aliphatic rings. The first-order chi connectivity index (χ1) is 21.0. The van der Waals surface area contributed by atoms with E-state index in [1.54, 1.807) is 18.2 Å². The second kappa shape index (κ2) is 14.2. The molecule has 0 atom stereocenters. The first kappa shape index (κ1) is 32.3. The van der Waals surface area contributed by atoms with E-state index in [2.05, 4.69) is 27.5 Å². The van der Waals surface area contributed by atoms with Gasteiger partial charge in [0.05, 0.1) is 10.7 Å². The summed E-state index contributed by atoms with van der Waals surface area (Å²) in [6.45, 7) is 6.93. The SMILES string of the molecule is C=CNCc1c(-c2cc(C(=O)Nc3ccc(F)c(Cl)c3)ccc2C)nc(NCCN(C)C)nc1N(C)c1c(F)cccc1F. The average Bonchev–Trinajstić information content (AvgIpc) is 2.97. The zero-order valence-electron chi connectivity index (χ0n) is 24.8. The van der Waals surface area contributed by atoms with Gasteiger partial charge in [-0.1, -0.05) is 30.3 Å². The molecule has 12 heteroatoms. The predicted molar refractivity (Wildman–Crippen MR) is 170 cm³/mol. The number of amides is 1. The van der Waals surface area contributed by atoms with Gasteiger partial charge in [0.15, 0.2) is 0 Å². The van der Waals surface area contributed by atoms with E-state index in [1.807, 2.05) is 25.9 Å². The number of nitrogens with one attached hydrogen (secondary N) is 3. The third-order valence-corrected chi connectivity index (χ3v) is 7.06. The van der Waals surface area contributed by atoms with E-state index in [9.17, 15) is 18.0 Å². The molecular formula is C32H33ClF3N7O. The van der Waals surface area contributed by atoms with Gasteiger partial charge in [0.1, 0.15) is 29.0 Å². The van der Waals surface area contributed by atoms with Crippen molar-refractivity contribution in [3.05, 3.63) is 107 Å². The van der Waals surface area contributed by atoms with Gasteiger partial charge in [-0.3, -0.25) is 4.79 Å². The molecule has 0 unspecified atom stereocenters. The maximum Gasteiger partial charge on any atom is 0.255 e. The largest absolute Gasteiger partial charge is 0.387 e. The quantitative estimate of drug-likeness (QED) is 0.161. The summed E-state index contributed by atoms with van der Waals surface area (Å²) in [5, 5.41) is 8.86. The molecule has 1 aromatic heterocycles. The maximum absolute atomic E-state index is 15.0. The number of carbonyl (C=O) groups excluding carboxylic acids is 1. The van der Waals surface area contributed by atoms with Gasteiger partial charge in [0, 0.05) is 49.1 Å². The summed E-state index contributed by atoms with van der Waals surface area (Å²) in [5.41, 5.74) is 2.68. The number of nitrogens with zero attached hydrogens (tertiary/aromatic N) is 4. The monoisotopic (exact) mass is 623 g/mol. The van der Waals surface area contributed by atoms with Gasteiger partial charge in [0.2, 0.25) is 5.95 Å². The van der Waals surface area contributed by atoms with E-state index in [1.165, 1.54) is 54.5 Å². The minimum Gasteiger partial charge on any atom is -0.387 e. The van der Waals surface area contributed by atoms with Crippen LogP contribution in [-0.4, -0.2) is 55.0 Å². The van der Waals surface area contributed by atoms with Crippen LogP contribution in [0.1, 0.15) is 21.5 Å². The van der Waals surface area contributed by atoms with Crippen molar-refractivity contribution in [1.29, 1.82) is 0 Å². The lowest BCUT2D eigenvalue weighted by atomic mass is 9.98. The van der Waals surface area contributed by atoms with Crippen LogP contribution in [0.15, 0.2) is 67.4 Å². The summed E-state index contributed by atoms with van der Waals surface area (Å²) in [5.74, 6) is -2.09. The number of benzene rings is 3. The van der Waals surface area contributed by atoms with Crippen LogP contribution < -0.4 is 20.9 Å². The third kappa shape index (κ3) is 7.47. The topological polar surface area (TPSA) is 85.4 Å². The number of rotatable bonds is 12. The highest BCUT2D eigenvalue weighted by atomic mass is 35.5. The summed E-state index contributed by atoms with van der Waals surface area (Å²) in [6.07, 6.45) is 1.49. The van der Waals surface area contributed by atoms with E-state index >= 15 is 0 Å². The van der Waals surface area contributed by atoms with E-state index in [0.29, 0.717) is 41.2 Å². The molecule has 0 aliphatic carbocycles. The normalized spacial score (nSPS) is 10.9. The lowest BCUT2D eigenvalue weighted by Crippen LogP contribution is -2.24. The van der Waals surface area contributed by atoms with Crippen LogP contribution in [-0.2, 0) is 6.54 Å². The standard InChI is InChI=1S/C32H33ClF3N7O/c1-6-37-18-23-28(22-16-20(11-10-19(22)2)31(44)39-21-12-13-25(34)24(33)17-21)40-32(38-14-15-42(3)4)41-30(23)43(5)29-26(35)8-7-9-27(29)36/h6-13,16-17,37H,1,14-15,18H2,2-5H3,(H,39,44)(H,38,40,41). The van der Waals surface area contributed by atoms with Gasteiger partial charge in [-0.25, -0.2) is 18.2 Å². The van der Waals surface area contributed by atoms with Crippen LogP contribution in [0.3, 0.4) is 0 Å². The molecule has 230 valence electrons. The van der Waals surface area contributed by atoms with Gasteiger partial charge in [-0.2, -0.15) is 4.98 Å². The molecule has 8 nitrogen and oxygen atoms in total. The molecule has 4 rings (SSSR count). The van der Waals surface area contributed by atoms with Crippen LogP contribution in [0, 0.1) is 24.4 Å². The molecule has 4 aromatic rings. The Kier molecular flexibility index (Phi) is 10.5. The molecule has 0 saturated carbocycles. The van der Waals surface area contributed by atoms with Crippen molar-refractivity contribution in [1.82, 2.24) is 20.2 Å². The van der Waals surface area contributed by atoms with Crippen molar-refractivity contribution in [2.45, 2.75) is 13.5 Å². The Morgan fingerprint density at radius 1 is 1.00 bits per heavy atom. The van der Waals surface area contributed by atoms with Crippen molar-refractivity contribution in [3.63, 3.8) is 0 Å². The number of hydrogen-bond acceptors (Lipinski definition) is 7. The Bertz CT molecular complexity index is 1660. The molecule has 0 spiro atoms. The molecule has 3 N–H and O–H groups in total. The highest BCUT2D eigenvalue weighted by Crippen LogP contribution is 2.36. The van der Waals surface area contributed by atoms with Gasteiger partial charge in [0.25, 0.3) is 5.91 Å². The average molecular weight is 624 g/mol. The van der Waals surface area contributed by atoms with Gasteiger partial charge >= 0.3 is 0 Å². The highest BCUT2D eigenvalue weighted by Gasteiger charge is 2.24. The fourth-order valence-electron chi connectivity index (χ4n) is 4.49. The lowest BCUT2D eigenvalue weighted by Gasteiger charge is -2.25. The molecule has 3 aromatic carbocycles. The Morgan fingerprint density at radius 3 is 2.39 bits per heavy atom. The Hall–Kier alpha value is -4.61. The highest BCUT2D eigenvalue weighted by molar-refractivity contribution is 6.31. The molecule has 0 aliphatic heterocycles. The summed E-state index contributed by atoms with van der Waals surface area (Å²) < 4.78 is 43.6. The molecule has 1 amide bonds. The van der Waals surface area contributed by atoms with Crippen LogP contribution in [0.5, 0.6) is 0 Å². The Labute approximate surface area is 259 Å². The van der Waals surface area contributed by atoms with E-state index in [4.69, 9.17) is 16.6 Å². The lowest BCUT2D eigenvalue weighted by molar-refractivity contribution is 0.102. The second-order valence-corrected chi connectivity index (χ2v) is 10.7. The number of anilines is 4. The van der Waals surface area contributed by atoms with E-state index in [-0.39, 0.29) is 29.0 Å². The van der Waals surface area contributed by atoms with Crippen LogP contribution in [0.2, 0.25) is 5.02 Å². The number of aromatic nitrogens is 2. The zero-order chi connectivity index (χ0) is 32.0. The molecule has 44 heavy (non-hydrogen) atoms. The molecule has 1 heterocycles. The third-order valence-electron chi connectivity index (χ3n) is 6.77. The van der Waals surface area contributed by atoms with E-state index in [0.717, 1.165) is 5.56 Å². The van der Waals surface area contributed by atoms with Crippen molar-refractivity contribution in [2.24, 2.45) is 0 Å². The van der Waals surface area contributed by atoms with Gasteiger partial charge in [-0.15, -0.1) is 0 Å². The van der Waals surface area contributed by atoms with Crippen molar-refractivity contribution < 1.29 is 18.0 Å². The minimum atomic E-state index is -0.756. The van der Waals surface area contributed by atoms with Crippen molar-refractivity contribution >= 4 is 40.6 Å². The molecule has 0 bridgehead atoms. The van der Waals surface area contributed by atoms with Gasteiger partial charge in [-0.05, 0) is 75.2 Å². The number of hydrogen-bond donors (Lipinski definition) is 3. The predicted octanol–water partition coefficient (Wildman–Crippen LogP) is 6.75. The first-order valence-electron chi connectivity index (χ1n) is 13.7. The maximum atomic E-state index is 15.0. The number of para-hydroxylation sites is 1. The fourth-order valence-corrected chi connectivity index (χ4v) is 4.67. The van der Waals surface area contributed by atoms with Crippen molar-refractivity contribution in [3.8, 4) is 11.3 Å². The van der Waals surface area contributed by atoms with Crippen LogP contribution in [0.4, 0.5) is 36.3 Å². The summed E-state index contributed by atoms with van der Waals surface area (Å²) in [6, 6.07) is 12.6. The number of carbonyl (C=O) groups is 1. The summed E-state index contributed by atoms with van der Waals surface area (Å²) >= 11 is 5.89. The zero-order valence-corrected chi connectivity index (χ0v) is 25.6.